The van der Waals surface area contributed by atoms with Gasteiger partial charge in [-0.05, 0) is 12.1 Å². The predicted molar refractivity (Wildman–Crippen MR) is 81.9 cm³/mol. The third kappa shape index (κ3) is 2.01. The second-order valence-electron chi connectivity index (χ2n) is 4.80. The van der Waals surface area contributed by atoms with E-state index in [0.29, 0.717) is 21.7 Å². The zero-order chi connectivity index (χ0) is 15.3. The highest BCUT2D eigenvalue weighted by Crippen LogP contribution is 2.26. The summed E-state index contributed by atoms with van der Waals surface area (Å²) < 4.78 is 1.70. The van der Waals surface area contributed by atoms with Crippen molar-refractivity contribution in [2.24, 2.45) is 7.05 Å². The van der Waals surface area contributed by atoms with Crippen molar-refractivity contribution in [2.45, 2.75) is 0 Å². The summed E-state index contributed by atoms with van der Waals surface area (Å²) in [5.41, 5.74) is 2.72. The first-order valence-electron chi connectivity index (χ1n) is 6.40. The van der Waals surface area contributed by atoms with Crippen LogP contribution in [0.5, 0.6) is 0 Å². The lowest BCUT2D eigenvalue weighted by molar-refractivity contribution is 0.0702. The Kier molecular flexibility index (Phi) is 2.67. The summed E-state index contributed by atoms with van der Waals surface area (Å²) in [7, 11) is 1.84. The monoisotopic (exact) mass is 311 g/mol. The molecule has 0 saturated heterocycles. The topological polar surface area (TPSA) is 93.8 Å². The zero-order valence-corrected chi connectivity index (χ0v) is 12.2. The minimum absolute atomic E-state index is 0.230. The van der Waals surface area contributed by atoms with Gasteiger partial charge in [0, 0.05) is 30.4 Å². The second kappa shape index (κ2) is 4.57. The molecule has 7 nitrogen and oxygen atoms in total. The fourth-order valence-corrected chi connectivity index (χ4v) is 3.02. The van der Waals surface area contributed by atoms with Crippen molar-refractivity contribution < 1.29 is 9.90 Å². The van der Waals surface area contributed by atoms with E-state index in [-0.39, 0.29) is 4.88 Å². The van der Waals surface area contributed by atoms with Gasteiger partial charge < -0.3 is 5.11 Å². The molecule has 0 aliphatic carbocycles. The number of hydrogen-bond donors (Lipinski definition) is 1. The maximum Gasteiger partial charge on any atom is 0.346 e. The Bertz CT molecular complexity index is 1040. The third-order valence-electron chi connectivity index (χ3n) is 3.22. The van der Waals surface area contributed by atoms with Gasteiger partial charge in [0.25, 0.3) is 0 Å². The number of pyridine rings is 1. The van der Waals surface area contributed by atoms with E-state index >= 15 is 0 Å². The van der Waals surface area contributed by atoms with Gasteiger partial charge in [-0.15, -0.1) is 11.3 Å². The first-order valence-corrected chi connectivity index (χ1v) is 7.21. The Balaban J connectivity index is 1.85. The van der Waals surface area contributed by atoms with E-state index in [0.717, 1.165) is 22.3 Å². The van der Waals surface area contributed by atoms with Crippen LogP contribution in [0.1, 0.15) is 9.67 Å². The van der Waals surface area contributed by atoms with Crippen LogP contribution < -0.4 is 0 Å². The highest BCUT2D eigenvalue weighted by molar-refractivity contribution is 7.20. The molecule has 0 saturated carbocycles. The molecular formula is C14H9N5O2S. The molecule has 108 valence electrons. The van der Waals surface area contributed by atoms with E-state index in [1.807, 2.05) is 19.3 Å². The van der Waals surface area contributed by atoms with Gasteiger partial charge in [0.15, 0.2) is 5.65 Å². The number of aromatic carboxylic acids is 1. The van der Waals surface area contributed by atoms with Crippen LogP contribution in [0.2, 0.25) is 0 Å². The number of carboxylic acids is 1. The minimum Gasteiger partial charge on any atom is -0.477 e. The largest absolute Gasteiger partial charge is 0.477 e. The Morgan fingerprint density at radius 2 is 2.14 bits per heavy atom. The normalized spacial score (nSPS) is 11.3. The molecule has 1 N–H and O–H groups in total. The molecule has 0 atom stereocenters. The van der Waals surface area contributed by atoms with E-state index in [1.54, 1.807) is 17.1 Å². The molecule has 0 aromatic carbocycles. The van der Waals surface area contributed by atoms with E-state index in [1.165, 1.54) is 6.07 Å². The molecule has 4 aromatic rings. The van der Waals surface area contributed by atoms with Crippen molar-refractivity contribution in [1.29, 1.82) is 0 Å². The zero-order valence-electron chi connectivity index (χ0n) is 11.4. The number of carboxylic acid groups (broad SMARTS) is 1. The quantitative estimate of drug-likeness (QED) is 0.610. The Hall–Kier alpha value is -2.87. The van der Waals surface area contributed by atoms with E-state index in [4.69, 9.17) is 5.11 Å². The fraction of sp³-hybridized carbons (Fsp3) is 0.0714. The van der Waals surface area contributed by atoms with Crippen LogP contribution in [0.15, 0.2) is 30.7 Å². The van der Waals surface area contributed by atoms with Crippen LogP contribution in [0, 0.1) is 0 Å². The van der Waals surface area contributed by atoms with Crippen LogP contribution in [-0.2, 0) is 7.05 Å². The number of aryl methyl sites for hydroxylation is 1. The van der Waals surface area contributed by atoms with Crippen molar-refractivity contribution in [3.05, 3.63) is 35.6 Å². The standard InChI is InChI=1S/C14H9N5O2S/c1-19-6-8-2-7(4-15-12(8)18-19)10-5-16-13-9(17-10)3-11(22-13)14(20)21/h2-6H,1H3,(H,20,21). The van der Waals surface area contributed by atoms with Crippen molar-refractivity contribution in [3.8, 4) is 11.3 Å². The summed E-state index contributed by atoms with van der Waals surface area (Å²) in [6.45, 7) is 0. The predicted octanol–water partition coefficient (Wildman–Crippen LogP) is 2.34. The van der Waals surface area contributed by atoms with Gasteiger partial charge >= 0.3 is 5.97 Å². The van der Waals surface area contributed by atoms with Crippen LogP contribution >= 0.6 is 11.3 Å². The van der Waals surface area contributed by atoms with Crippen molar-refractivity contribution in [3.63, 3.8) is 0 Å². The first kappa shape index (κ1) is 12.8. The second-order valence-corrected chi connectivity index (χ2v) is 5.83. The molecule has 0 aliphatic rings. The summed E-state index contributed by atoms with van der Waals surface area (Å²) in [6, 6.07) is 3.48. The van der Waals surface area contributed by atoms with Gasteiger partial charge in [0.2, 0.25) is 0 Å². The molecule has 0 spiro atoms. The van der Waals surface area contributed by atoms with Gasteiger partial charge in [-0.3, -0.25) is 4.68 Å². The van der Waals surface area contributed by atoms with E-state index < -0.39 is 5.97 Å². The molecule has 4 aromatic heterocycles. The lowest BCUT2D eigenvalue weighted by Crippen LogP contribution is -1.90. The average Bonchev–Trinajstić information content (AvgIpc) is 3.07. The van der Waals surface area contributed by atoms with E-state index in [2.05, 4.69) is 20.1 Å². The van der Waals surface area contributed by atoms with Gasteiger partial charge in [-0.2, -0.15) is 5.10 Å². The van der Waals surface area contributed by atoms with Crippen molar-refractivity contribution >= 4 is 38.7 Å². The average molecular weight is 311 g/mol. The smallest absolute Gasteiger partial charge is 0.346 e. The SMILES string of the molecule is Cn1cc2cc(-c3cnc4sc(C(=O)O)cc4n3)cnc2n1. The molecular weight excluding hydrogens is 302 g/mol. The maximum atomic E-state index is 11.0. The molecule has 0 fully saturated rings. The van der Waals surface area contributed by atoms with Crippen molar-refractivity contribution in [1.82, 2.24) is 24.7 Å². The van der Waals surface area contributed by atoms with E-state index in [9.17, 15) is 4.79 Å². The number of fused-ring (bicyclic) bond motifs is 2. The summed E-state index contributed by atoms with van der Waals surface area (Å²) in [6.07, 6.45) is 5.20. The van der Waals surface area contributed by atoms with Crippen LogP contribution in [0.3, 0.4) is 0 Å². The summed E-state index contributed by atoms with van der Waals surface area (Å²) in [4.78, 5) is 24.9. The molecule has 0 unspecified atom stereocenters. The molecule has 4 rings (SSSR count). The highest BCUT2D eigenvalue weighted by Gasteiger charge is 2.12. The van der Waals surface area contributed by atoms with Gasteiger partial charge in [-0.1, -0.05) is 0 Å². The number of nitrogens with zero attached hydrogens (tertiary/aromatic N) is 5. The number of aromatic nitrogens is 5. The molecule has 0 bridgehead atoms. The number of rotatable bonds is 2. The first-order chi connectivity index (χ1) is 10.6. The van der Waals surface area contributed by atoms with Gasteiger partial charge in [-0.25, -0.2) is 19.7 Å². The van der Waals surface area contributed by atoms with Crippen LogP contribution in [0.4, 0.5) is 0 Å². The Morgan fingerprint density at radius 1 is 1.27 bits per heavy atom. The lowest BCUT2D eigenvalue weighted by Gasteiger charge is -1.99. The Labute approximate surface area is 127 Å². The number of hydrogen-bond acceptors (Lipinski definition) is 6. The fourth-order valence-electron chi connectivity index (χ4n) is 2.24. The molecule has 8 heteroatoms. The molecule has 4 heterocycles. The molecule has 0 radical (unpaired) electrons. The van der Waals surface area contributed by atoms with Gasteiger partial charge in [0.1, 0.15) is 15.2 Å². The molecule has 22 heavy (non-hydrogen) atoms. The maximum absolute atomic E-state index is 11.0. The molecule has 0 amide bonds. The summed E-state index contributed by atoms with van der Waals surface area (Å²) in [5.74, 6) is -0.968. The highest BCUT2D eigenvalue weighted by atomic mass is 32.1. The van der Waals surface area contributed by atoms with Crippen LogP contribution in [0.25, 0.3) is 32.6 Å². The Morgan fingerprint density at radius 3 is 2.95 bits per heavy atom. The number of carbonyl (C=O) groups is 1. The summed E-state index contributed by atoms with van der Waals surface area (Å²) in [5, 5.41) is 14.2. The third-order valence-corrected chi connectivity index (χ3v) is 4.24. The van der Waals surface area contributed by atoms with Crippen LogP contribution in [-0.4, -0.2) is 35.8 Å². The van der Waals surface area contributed by atoms with Gasteiger partial charge in [0.05, 0.1) is 11.9 Å². The van der Waals surface area contributed by atoms with Crippen molar-refractivity contribution in [2.75, 3.05) is 0 Å². The number of thiophene rings is 1. The minimum atomic E-state index is -0.968. The lowest BCUT2D eigenvalue weighted by atomic mass is 10.2. The summed E-state index contributed by atoms with van der Waals surface area (Å²) >= 11 is 1.11. The molecule has 0 aliphatic heterocycles.